The molecule has 0 spiro atoms. The molecule has 1 heterocycles. The van der Waals surface area contributed by atoms with Crippen molar-refractivity contribution in [2.75, 3.05) is 37.6 Å². The molecule has 0 unspecified atom stereocenters. The molecule has 1 amide bonds. The van der Waals surface area contributed by atoms with Gasteiger partial charge < -0.3 is 15.5 Å². The predicted molar refractivity (Wildman–Crippen MR) is 74.3 cm³/mol. The second-order valence-corrected chi connectivity index (χ2v) is 5.05. The molecular weight excluding hydrogens is 283 g/mol. The molecule has 0 atom stereocenters. The summed E-state index contributed by atoms with van der Waals surface area (Å²) in [7, 11) is 0. The number of amides is 1. The first-order valence-corrected chi connectivity index (χ1v) is 6.80. The zero-order valence-corrected chi connectivity index (χ0v) is 11.8. The summed E-state index contributed by atoms with van der Waals surface area (Å²) in [5.74, 6) is -0.852. The minimum Gasteiger partial charge on any atom is -0.369 e. The Hall–Kier alpha value is -1.76. The minimum atomic E-state index is -4.49. The van der Waals surface area contributed by atoms with Gasteiger partial charge in [-0.3, -0.25) is 4.79 Å². The van der Waals surface area contributed by atoms with E-state index >= 15 is 0 Å². The van der Waals surface area contributed by atoms with Crippen LogP contribution in [0.5, 0.6) is 0 Å². The van der Waals surface area contributed by atoms with E-state index in [1.54, 1.807) is 0 Å². The highest BCUT2D eigenvalue weighted by molar-refractivity contribution is 5.94. The van der Waals surface area contributed by atoms with Gasteiger partial charge in [0.05, 0.1) is 5.56 Å². The summed E-state index contributed by atoms with van der Waals surface area (Å²) in [5.41, 5.74) is 4.58. The molecule has 0 radical (unpaired) electrons. The molecule has 1 aromatic rings. The average Bonchev–Trinajstić information content (AvgIpc) is 2.46. The van der Waals surface area contributed by atoms with Crippen LogP contribution in [0, 0.1) is 0 Å². The molecule has 2 rings (SSSR count). The lowest BCUT2D eigenvalue weighted by Crippen LogP contribution is -2.46. The number of hydrogen-bond donors (Lipinski definition) is 1. The summed E-state index contributed by atoms with van der Waals surface area (Å²) < 4.78 is 38.7. The first-order valence-electron chi connectivity index (χ1n) is 6.80. The second kappa shape index (κ2) is 5.93. The summed E-state index contributed by atoms with van der Waals surface area (Å²) in [4.78, 5) is 15.3. The number of piperazine rings is 1. The van der Waals surface area contributed by atoms with Crippen molar-refractivity contribution in [3.63, 3.8) is 0 Å². The molecule has 7 heteroatoms. The standard InChI is InChI=1S/C14H18F3N3O/c1-2-19-3-5-20(6-4-19)12-8-10(13(18)21)7-11(9-12)14(15,16)17/h7-9H,2-6H2,1H3,(H2,18,21). The van der Waals surface area contributed by atoms with E-state index in [9.17, 15) is 18.0 Å². The number of carbonyl (C=O) groups is 1. The second-order valence-electron chi connectivity index (χ2n) is 5.05. The number of primary amides is 1. The van der Waals surface area contributed by atoms with Gasteiger partial charge in [-0.05, 0) is 24.7 Å². The summed E-state index contributed by atoms with van der Waals surface area (Å²) in [6.07, 6.45) is -4.49. The molecule has 0 saturated carbocycles. The Bertz CT molecular complexity index is 523. The smallest absolute Gasteiger partial charge is 0.369 e. The number of hydrogen-bond acceptors (Lipinski definition) is 3. The number of nitrogens with zero attached hydrogens (tertiary/aromatic N) is 2. The quantitative estimate of drug-likeness (QED) is 0.928. The highest BCUT2D eigenvalue weighted by Gasteiger charge is 2.32. The number of halogens is 3. The van der Waals surface area contributed by atoms with E-state index in [1.165, 1.54) is 6.07 Å². The fourth-order valence-electron chi connectivity index (χ4n) is 2.42. The van der Waals surface area contributed by atoms with E-state index in [0.29, 0.717) is 18.8 Å². The van der Waals surface area contributed by atoms with Gasteiger partial charge in [0.15, 0.2) is 0 Å². The van der Waals surface area contributed by atoms with E-state index in [-0.39, 0.29) is 5.56 Å². The van der Waals surface area contributed by atoms with Gasteiger partial charge in [0.25, 0.3) is 0 Å². The Morgan fingerprint density at radius 3 is 2.29 bits per heavy atom. The van der Waals surface area contributed by atoms with E-state index in [1.807, 2.05) is 11.8 Å². The maximum absolute atomic E-state index is 12.9. The predicted octanol–water partition coefficient (Wildman–Crippen LogP) is 1.95. The van der Waals surface area contributed by atoms with E-state index < -0.39 is 17.6 Å². The van der Waals surface area contributed by atoms with Crippen molar-refractivity contribution in [3.8, 4) is 0 Å². The van der Waals surface area contributed by atoms with Crippen LogP contribution in [0.1, 0.15) is 22.8 Å². The molecule has 21 heavy (non-hydrogen) atoms. The van der Waals surface area contributed by atoms with E-state index in [0.717, 1.165) is 31.8 Å². The minimum absolute atomic E-state index is 0.113. The van der Waals surface area contributed by atoms with Crippen LogP contribution in [-0.2, 0) is 6.18 Å². The van der Waals surface area contributed by atoms with E-state index in [4.69, 9.17) is 5.73 Å². The van der Waals surface area contributed by atoms with Crippen LogP contribution in [0.15, 0.2) is 18.2 Å². The monoisotopic (exact) mass is 301 g/mol. The van der Waals surface area contributed by atoms with Gasteiger partial charge in [0.1, 0.15) is 0 Å². The third kappa shape index (κ3) is 3.66. The van der Waals surface area contributed by atoms with Crippen molar-refractivity contribution in [1.82, 2.24) is 4.90 Å². The molecule has 1 aliphatic heterocycles. The van der Waals surface area contributed by atoms with Crippen LogP contribution < -0.4 is 10.6 Å². The third-order valence-corrected chi connectivity index (χ3v) is 3.71. The van der Waals surface area contributed by atoms with Gasteiger partial charge in [-0.2, -0.15) is 13.2 Å². The number of carbonyl (C=O) groups excluding carboxylic acids is 1. The van der Waals surface area contributed by atoms with Crippen molar-refractivity contribution in [2.45, 2.75) is 13.1 Å². The van der Waals surface area contributed by atoms with Gasteiger partial charge in [0, 0.05) is 37.4 Å². The number of anilines is 1. The maximum Gasteiger partial charge on any atom is 0.416 e. The highest BCUT2D eigenvalue weighted by atomic mass is 19.4. The fourth-order valence-corrected chi connectivity index (χ4v) is 2.42. The Labute approximate surface area is 121 Å². The maximum atomic E-state index is 12.9. The molecule has 1 aromatic carbocycles. The summed E-state index contributed by atoms with van der Waals surface area (Å²) >= 11 is 0. The zero-order valence-electron chi connectivity index (χ0n) is 11.8. The summed E-state index contributed by atoms with van der Waals surface area (Å²) in [6.45, 7) is 5.81. The summed E-state index contributed by atoms with van der Waals surface area (Å²) in [5, 5.41) is 0. The van der Waals surface area contributed by atoms with Crippen molar-refractivity contribution in [1.29, 1.82) is 0 Å². The molecule has 4 nitrogen and oxygen atoms in total. The number of alkyl halides is 3. The molecule has 2 N–H and O–H groups in total. The Balaban J connectivity index is 2.31. The van der Waals surface area contributed by atoms with Crippen LogP contribution >= 0.6 is 0 Å². The van der Waals surface area contributed by atoms with Crippen LogP contribution in [0.3, 0.4) is 0 Å². The number of nitrogens with two attached hydrogens (primary N) is 1. The Kier molecular flexibility index (Phi) is 4.41. The highest BCUT2D eigenvalue weighted by Crippen LogP contribution is 2.33. The van der Waals surface area contributed by atoms with Crippen LogP contribution in [0.4, 0.5) is 18.9 Å². The van der Waals surface area contributed by atoms with E-state index in [2.05, 4.69) is 4.90 Å². The zero-order chi connectivity index (χ0) is 15.6. The molecule has 1 aliphatic rings. The van der Waals surface area contributed by atoms with Gasteiger partial charge in [0.2, 0.25) is 5.91 Å². The molecule has 1 fully saturated rings. The Morgan fingerprint density at radius 1 is 1.19 bits per heavy atom. The van der Waals surface area contributed by atoms with Gasteiger partial charge in [-0.1, -0.05) is 6.92 Å². The molecule has 1 saturated heterocycles. The first-order chi connectivity index (χ1) is 9.81. The average molecular weight is 301 g/mol. The van der Waals surface area contributed by atoms with Crippen molar-refractivity contribution in [3.05, 3.63) is 29.3 Å². The molecule has 116 valence electrons. The van der Waals surface area contributed by atoms with Gasteiger partial charge >= 0.3 is 6.18 Å². The first kappa shape index (κ1) is 15.6. The number of benzene rings is 1. The molecule has 0 aromatic heterocycles. The third-order valence-electron chi connectivity index (χ3n) is 3.71. The van der Waals surface area contributed by atoms with Crippen LogP contribution in [0.25, 0.3) is 0 Å². The van der Waals surface area contributed by atoms with Crippen LogP contribution in [0.2, 0.25) is 0 Å². The Morgan fingerprint density at radius 2 is 1.81 bits per heavy atom. The van der Waals surface area contributed by atoms with Gasteiger partial charge in [-0.15, -0.1) is 0 Å². The topological polar surface area (TPSA) is 49.6 Å². The van der Waals surface area contributed by atoms with Crippen molar-refractivity contribution < 1.29 is 18.0 Å². The van der Waals surface area contributed by atoms with Crippen LogP contribution in [-0.4, -0.2) is 43.5 Å². The lowest BCUT2D eigenvalue weighted by molar-refractivity contribution is -0.137. The molecule has 0 bridgehead atoms. The fraction of sp³-hybridized carbons (Fsp3) is 0.500. The summed E-state index contributed by atoms with van der Waals surface area (Å²) in [6, 6.07) is 3.31. The molecule has 0 aliphatic carbocycles. The van der Waals surface area contributed by atoms with Crippen molar-refractivity contribution in [2.24, 2.45) is 5.73 Å². The van der Waals surface area contributed by atoms with Gasteiger partial charge in [-0.25, -0.2) is 0 Å². The lowest BCUT2D eigenvalue weighted by atomic mass is 10.1. The number of rotatable bonds is 3. The normalized spacial score (nSPS) is 17.0. The lowest BCUT2D eigenvalue weighted by Gasteiger charge is -2.35. The SMILES string of the molecule is CCN1CCN(c2cc(C(N)=O)cc(C(F)(F)F)c2)CC1. The largest absolute Gasteiger partial charge is 0.416 e. The molecular formula is C14H18F3N3O. The van der Waals surface area contributed by atoms with Crippen molar-refractivity contribution >= 4 is 11.6 Å². The number of likely N-dealkylation sites (N-methyl/N-ethyl adjacent to an activating group) is 1.